The van der Waals surface area contributed by atoms with Crippen LogP contribution in [0.3, 0.4) is 0 Å². The summed E-state index contributed by atoms with van der Waals surface area (Å²) in [6.45, 7) is 3.45. The van der Waals surface area contributed by atoms with Crippen LogP contribution in [0.4, 0.5) is 15.9 Å². The quantitative estimate of drug-likeness (QED) is 0.658. The Morgan fingerprint density at radius 1 is 1.33 bits per heavy atom. The minimum absolute atomic E-state index is 0.110. The molecule has 3 aliphatic rings. The monoisotopic (exact) mass is 488 g/mol. The summed E-state index contributed by atoms with van der Waals surface area (Å²) in [6.07, 6.45) is 4.37. The van der Waals surface area contributed by atoms with Crippen molar-refractivity contribution in [1.82, 2.24) is 14.9 Å². The Hall–Kier alpha value is -4.26. The first-order valence-electron chi connectivity index (χ1n) is 11.7. The lowest BCUT2D eigenvalue weighted by atomic mass is 9.65. The zero-order chi connectivity index (χ0) is 25.4. The van der Waals surface area contributed by atoms with Crippen LogP contribution in [-0.4, -0.2) is 46.9 Å². The highest BCUT2D eigenvalue weighted by Crippen LogP contribution is 2.46. The number of hydrogen-bond donors (Lipinski definition) is 1. The Balaban J connectivity index is 1.58. The first kappa shape index (κ1) is 23.5. The number of nitrogens with zero attached hydrogens (tertiary/aromatic N) is 5. The molecule has 5 rings (SSSR count). The van der Waals surface area contributed by atoms with E-state index in [1.54, 1.807) is 11.1 Å². The lowest BCUT2D eigenvalue weighted by molar-refractivity contribution is -0.127. The van der Waals surface area contributed by atoms with Crippen molar-refractivity contribution in [3.63, 3.8) is 0 Å². The second-order valence-corrected chi connectivity index (χ2v) is 9.09. The van der Waals surface area contributed by atoms with E-state index in [1.165, 1.54) is 17.6 Å². The van der Waals surface area contributed by atoms with Gasteiger partial charge in [-0.05, 0) is 30.4 Å². The smallest absolute Gasteiger partial charge is 0.318 e. The van der Waals surface area contributed by atoms with Gasteiger partial charge in [-0.1, -0.05) is 30.8 Å². The molecule has 36 heavy (non-hydrogen) atoms. The molecule has 0 saturated heterocycles. The number of aromatic nitrogens is 2. The van der Waals surface area contributed by atoms with Gasteiger partial charge in [-0.2, -0.15) is 15.2 Å². The van der Waals surface area contributed by atoms with Crippen molar-refractivity contribution in [1.29, 1.82) is 5.26 Å². The maximum atomic E-state index is 13.7. The topological polar surface area (TPSA) is 111 Å². The number of hydrogen-bond acceptors (Lipinski definition) is 7. The molecule has 0 radical (unpaired) electrons. The summed E-state index contributed by atoms with van der Waals surface area (Å²) >= 11 is 0. The van der Waals surface area contributed by atoms with E-state index in [0.717, 1.165) is 18.4 Å². The fourth-order valence-electron chi connectivity index (χ4n) is 5.40. The van der Waals surface area contributed by atoms with E-state index in [-0.39, 0.29) is 31.4 Å². The van der Waals surface area contributed by atoms with E-state index in [4.69, 9.17) is 4.74 Å². The minimum Gasteiger partial charge on any atom is -0.467 e. The van der Waals surface area contributed by atoms with Crippen LogP contribution in [0, 0.1) is 11.3 Å². The summed E-state index contributed by atoms with van der Waals surface area (Å²) in [5.74, 6) is -1.70. The van der Waals surface area contributed by atoms with Crippen molar-refractivity contribution in [2.24, 2.45) is 0 Å². The Kier molecular flexibility index (Phi) is 5.92. The first-order chi connectivity index (χ1) is 17.4. The number of carbonyl (C=O) groups is 2. The van der Waals surface area contributed by atoms with Gasteiger partial charge in [0, 0.05) is 25.7 Å². The van der Waals surface area contributed by atoms with E-state index in [0.29, 0.717) is 35.7 Å². The zero-order valence-electron chi connectivity index (χ0n) is 19.9. The summed E-state index contributed by atoms with van der Waals surface area (Å²) in [5, 5.41) is 12.3. The van der Waals surface area contributed by atoms with Crippen LogP contribution < -0.4 is 15.0 Å². The number of rotatable bonds is 4. The van der Waals surface area contributed by atoms with Crippen LogP contribution in [0.15, 0.2) is 48.6 Å². The first-order valence-corrected chi connectivity index (χ1v) is 11.7. The van der Waals surface area contributed by atoms with Gasteiger partial charge in [-0.15, -0.1) is 0 Å². The predicted octanol–water partition coefficient (Wildman–Crippen LogP) is 3.14. The van der Waals surface area contributed by atoms with Crippen LogP contribution in [0.25, 0.3) is 0 Å². The van der Waals surface area contributed by atoms with Crippen LogP contribution in [0.2, 0.25) is 0 Å². The highest BCUT2D eigenvalue weighted by atomic mass is 19.1. The molecular weight excluding hydrogens is 463 g/mol. The molecule has 3 heterocycles. The van der Waals surface area contributed by atoms with Crippen molar-refractivity contribution in [2.75, 3.05) is 30.4 Å². The SMILES string of the molecule is C=C(F)C(=O)N1CCN(c2nc(OC)nc3c2NC(=O)C2(CCCc4ccccc42)C3)C=C1CC#N. The van der Waals surface area contributed by atoms with Gasteiger partial charge in [0.15, 0.2) is 11.6 Å². The fourth-order valence-corrected chi connectivity index (χ4v) is 5.40. The number of amides is 2. The van der Waals surface area contributed by atoms with Crippen molar-refractivity contribution in [2.45, 2.75) is 37.5 Å². The van der Waals surface area contributed by atoms with Crippen molar-refractivity contribution >= 4 is 23.3 Å². The largest absolute Gasteiger partial charge is 0.467 e. The summed E-state index contributed by atoms with van der Waals surface area (Å²) < 4.78 is 19.0. The van der Waals surface area contributed by atoms with Gasteiger partial charge in [0.2, 0.25) is 5.91 Å². The Morgan fingerprint density at radius 3 is 2.89 bits per heavy atom. The van der Waals surface area contributed by atoms with E-state index in [9.17, 15) is 19.2 Å². The standard InChI is InChI=1S/C26H25FN6O3/c1-16(27)23(34)33-13-12-32(15-18(33)9-11-28)22-21-20(29-25(31-22)36-2)14-26(24(35)30-21)10-5-7-17-6-3-4-8-19(17)26/h3-4,6,8,15H,1,5,7,9-10,12-14H2,2H3,(H,30,35). The van der Waals surface area contributed by atoms with Crippen molar-refractivity contribution < 1.29 is 18.7 Å². The molecule has 10 heteroatoms. The summed E-state index contributed by atoms with van der Waals surface area (Å²) in [7, 11) is 1.47. The van der Waals surface area contributed by atoms with Crippen molar-refractivity contribution in [3.8, 4) is 12.1 Å². The maximum Gasteiger partial charge on any atom is 0.318 e. The molecule has 1 unspecified atom stereocenters. The fraction of sp³-hybridized carbons (Fsp3) is 0.346. The third kappa shape index (κ3) is 3.77. The molecule has 0 bridgehead atoms. The molecule has 1 aliphatic carbocycles. The van der Waals surface area contributed by atoms with E-state index in [2.05, 4.69) is 27.9 Å². The second kappa shape index (κ2) is 9.07. The molecule has 2 amide bonds. The van der Waals surface area contributed by atoms with Gasteiger partial charge in [0.1, 0.15) is 5.69 Å². The normalized spacial score (nSPS) is 20.6. The lowest BCUT2D eigenvalue weighted by Gasteiger charge is -2.42. The minimum atomic E-state index is -1.10. The molecule has 2 aromatic rings. The van der Waals surface area contributed by atoms with Crippen molar-refractivity contribution in [3.05, 3.63) is 65.4 Å². The van der Waals surface area contributed by atoms with Gasteiger partial charge in [-0.25, -0.2) is 4.39 Å². The second-order valence-electron chi connectivity index (χ2n) is 9.09. The molecule has 9 nitrogen and oxygen atoms in total. The summed E-state index contributed by atoms with van der Waals surface area (Å²) in [4.78, 5) is 38.0. The lowest BCUT2D eigenvalue weighted by Crippen LogP contribution is -2.49. The highest BCUT2D eigenvalue weighted by molar-refractivity contribution is 6.04. The number of allylic oxidation sites excluding steroid dienone is 1. The molecule has 1 aromatic heterocycles. The number of ether oxygens (including phenoxy) is 1. The zero-order valence-corrected chi connectivity index (χ0v) is 19.9. The number of nitrogens with one attached hydrogen (secondary N) is 1. The number of carbonyl (C=O) groups excluding carboxylic acids is 2. The van der Waals surface area contributed by atoms with Gasteiger partial charge in [0.05, 0.1) is 36.4 Å². The van der Waals surface area contributed by atoms with Gasteiger partial charge < -0.3 is 19.9 Å². The number of methoxy groups -OCH3 is 1. The predicted molar refractivity (Wildman–Crippen MR) is 130 cm³/mol. The summed E-state index contributed by atoms with van der Waals surface area (Å²) in [6, 6.07) is 10.2. The molecule has 1 spiro atoms. The Morgan fingerprint density at radius 2 is 2.14 bits per heavy atom. The van der Waals surface area contributed by atoms with Gasteiger partial charge in [0.25, 0.3) is 5.91 Å². The molecule has 0 saturated carbocycles. The number of fused-ring (bicyclic) bond motifs is 3. The average molecular weight is 489 g/mol. The van der Waals surface area contributed by atoms with E-state index in [1.807, 2.05) is 24.3 Å². The third-order valence-electron chi connectivity index (χ3n) is 7.08. The third-order valence-corrected chi connectivity index (χ3v) is 7.08. The van der Waals surface area contributed by atoms with Crippen LogP contribution >= 0.6 is 0 Å². The van der Waals surface area contributed by atoms with Crippen LogP contribution in [-0.2, 0) is 27.8 Å². The molecular formula is C26H25FN6O3. The number of nitriles is 1. The Bertz CT molecular complexity index is 1350. The molecule has 1 atom stereocenters. The van der Waals surface area contributed by atoms with Crippen LogP contribution in [0.1, 0.15) is 36.1 Å². The average Bonchev–Trinajstić information content (AvgIpc) is 2.89. The summed E-state index contributed by atoms with van der Waals surface area (Å²) in [5.41, 5.74) is 2.89. The Labute approximate surface area is 207 Å². The number of anilines is 2. The molecule has 1 N–H and O–H groups in total. The number of benzene rings is 1. The highest BCUT2D eigenvalue weighted by Gasteiger charge is 2.48. The van der Waals surface area contributed by atoms with Crippen LogP contribution in [0.5, 0.6) is 6.01 Å². The maximum absolute atomic E-state index is 13.7. The molecule has 1 aromatic carbocycles. The molecule has 0 fully saturated rings. The van der Waals surface area contributed by atoms with Gasteiger partial charge in [-0.3, -0.25) is 9.59 Å². The molecule has 184 valence electrons. The van der Waals surface area contributed by atoms with E-state index < -0.39 is 17.1 Å². The number of halogens is 1. The van der Waals surface area contributed by atoms with E-state index >= 15 is 0 Å². The van der Waals surface area contributed by atoms with Gasteiger partial charge >= 0.3 is 6.01 Å². The molecule has 2 aliphatic heterocycles. The number of aryl methyl sites for hydroxylation is 1.